The summed E-state index contributed by atoms with van der Waals surface area (Å²) in [4.78, 5) is 14.2. The minimum Gasteiger partial charge on any atom is -0.351 e. The van der Waals surface area contributed by atoms with Gasteiger partial charge in [0.1, 0.15) is 0 Å². The van der Waals surface area contributed by atoms with Gasteiger partial charge in [-0.2, -0.15) is 0 Å². The molecule has 1 saturated heterocycles. The van der Waals surface area contributed by atoms with Crippen molar-refractivity contribution in [2.24, 2.45) is 0 Å². The highest BCUT2D eigenvalue weighted by Crippen LogP contribution is 2.45. The van der Waals surface area contributed by atoms with Crippen LogP contribution in [0.1, 0.15) is 44.1 Å². The summed E-state index contributed by atoms with van der Waals surface area (Å²) in [6.07, 6.45) is 6.58. The van der Waals surface area contributed by atoms with Gasteiger partial charge in [0.15, 0.2) is 0 Å². The first-order valence-electron chi connectivity index (χ1n) is 8.45. The van der Waals surface area contributed by atoms with E-state index in [1.54, 1.807) is 11.8 Å². The van der Waals surface area contributed by atoms with Gasteiger partial charge in [0.2, 0.25) is 5.91 Å². The van der Waals surface area contributed by atoms with Crippen molar-refractivity contribution >= 4 is 30.1 Å². The molecule has 5 heteroatoms. The van der Waals surface area contributed by atoms with Crippen molar-refractivity contribution in [2.45, 2.75) is 61.1 Å². The third-order valence-corrected chi connectivity index (χ3v) is 6.28. The number of aryl methyl sites for hydroxylation is 1. The summed E-state index contributed by atoms with van der Waals surface area (Å²) in [5.41, 5.74) is 1.27. The summed E-state index contributed by atoms with van der Waals surface area (Å²) in [5, 5.41) is 6.69. The van der Waals surface area contributed by atoms with Crippen LogP contribution in [0, 0.1) is 6.92 Å². The maximum Gasteiger partial charge on any atom is 0.236 e. The van der Waals surface area contributed by atoms with E-state index in [2.05, 4.69) is 41.8 Å². The Morgan fingerprint density at radius 3 is 2.52 bits per heavy atom. The molecule has 1 aromatic carbocycles. The molecule has 1 heterocycles. The quantitative estimate of drug-likeness (QED) is 0.866. The number of hydrogen-bond donors (Lipinski definition) is 2. The zero-order valence-corrected chi connectivity index (χ0v) is 15.4. The number of hydrogen-bond acceptors (Lipinski definition) is 3. The minimum atomic E-state index is -0.257. The zero-order chi connectivity index (χ0) is 15.4. The fourth-order valence-electron chi connectivity index (χ4n) is 3.45. The average Bonchev–Trinajstić information content (AvgIpc) is 3.00. The largest absolute Gasteiger partial charge is 0.351 e. The van der Waals surface area contributed by atoms with Crippen molar-refractivity contribution in [3.05, 3.63) is 29.8 Å². The monoisotopic (exact) mass is 354 g/mol. The number of piperidine rings is 1. The maximum atomic E-state index is 12.9. The Kier molecular flexibility index (Phi) is 6.81. The number of halogens is 1. The second kappa shape index (κ2) is 8.41. The molecular formula is C18H27ClN2OS. The first kappa shape index (κ1) is 18.6. The first-order valence-corrected chi connectivity index (χ1v) is 9.27. The third-order valence-electron chi connectivity index (χ3n) is 4.79. The number of thioether (sulfide) groups is 1. The van der Waals surface area contributed by atoms with Gasteiger partial charge in [-0.3, -0.25) is 4.79 Å². The van der Waals surface area contributed by atoms with Gasteiger partial charge < -0.3 is 10.6 Å². The standard InChI is InChI=1S/C18H26N2OS.ClH/c1-14-6-8-16(9-7-14)22-18(10-2-3-11-18)17(21)20-15-5-4-12-19-13-15;/h6-9,15,19H,2-5,10-13H2,1H3,(H,20,21);1H. The molecule has 1 amide bonds. The molecular weight excluding hydrogens is 328 g/mol. The number of rotatable bonds is 4. The van der Waals surface area contributed by atoms with Crippen LogP contribution in [-0.4, -0.2) is 29.8 Å². The van der Waals surface area contributed by atoms with Crippen molar-refractivity contribution in [3.8, 4) is 0 Å². The molecule has 1 aliphatic carbocycles. The van der Waals surface area contributed by atoms with Crippen LogP contribution in [0.4, 0.5) is 0 Å². The van der Waals surface area contributed by atoms with Crippen LogP contribution >= 0.6 is 24.2 Å². The van der Waals surface area contributed by atoms with Crippen molar-refractivity contribution in [2.75, 3.05) is 13.1 Å². The van der Waals surface area contributed by atoms with Gasteiger partial charge in [-0.25, -0.2) is 0 Å². The van der Waals surface area contributed by atoms with Gasteiger partial charge in [0.25, 0.3) is 0 Å². The van der Waals surface area contributed by atoms with Gasteiger partial charge in [-0.1, -0.05) is 30.5 Å². The van der Waals surface area contributed by atoms with Crippen LogP contribution in [0.2, 0.25) is 0 Å². The smallest absolute Gasteiger partial charge is 0.236 e. The van der Waals surface area contributed by atoms with E-state index in [0.717, 1.165) is 51.6 Å². The SMILES string of the molecule is Cc1ccc(SC2(C(=O)NC3CCCNC3)CCCC2)cc1.Cl. The van der Waals surface area contributed by atoms with Crippen LogP contribution in [0.5, 0.6) is 0 Å². The van der Waals surface area contributed by atoms with E-state index in [9.17, 15) is 4.79 Å². The molecule has 0 bridgehead atoms. The van der Waals surface area contributed by atoms with Crippen LogP contribution in [-0.2, 0) is 4.79 Å². The van der Waals surface area contributed by atoms with Crippen LogP contribution in [0.15, 0.2) is 29.2 Å². The fraction of sp³-hybridized carbons (Fsp3) is 0.611. The lowest BCUT2D eigenvalue weighted by molar-refractivity contribution is -0.124. The summed E-state index contributed by atoms with van der Waals surface area (Å²) < 4.78 is -0.257. The molecule has 3 nitrogen and oxygen atoms in total. The third kappa shape index (κ3) is 4.65. The molecule has 0 spiro atoms. The van der Waals surface area contributed by atoms with Gasteiger partial charge in [-0.15, -0.1) is 24.2 Å². The molecule has 2 N–H and O–H groups in total. The van der Waals surface area contributed by atoms with Gasteiger partial charge in [-0.05, 0) is 51.3 Å². The second-order valence-electron chi connectivity index (χ2n) is 6.63. The second-order valence-corrected chi connectivity index (χ2v) is 8.09. The predicted octanol–water partition coefficient (Wildman–Crippen LogP) is 3.69. The highest BCUT2D eigenvalue weighted by Gasteiger charge is 2.42. The summed E-state index contributed by atoms with van der Waals surface area (Å²) in [6.45, 7) is 4.09. The molecule has 1 aliphatic heterocycles. The highest BCUT2D eigenvalue weighted by molar-refractivity contribution is 8.01. The van der Waals surface area contributed by atoms with E-state index in [-0.39, 0.29) is 23.1 Å². The molecule has 2 aliphatic rings. The van der Waals surface area contributed by atoms with Crippen molar-refractivity contribution in [1.82, 2.24) is 10.6 Å². The van der Waals surface area contributed by atoms with E-state index in [1.807, 2.05) is 0 Å². The van der Waals surface area contributed by atoms with Crippen molar-refractivity contribution < 1.29 is 4.79 Å². The number of carbonyl (C=O) groups excluding carboxylic acids is 1. The molecule has 0 radical (unpaired) electrons. The van der Waals surface area contributed by atoms with Gasteiger partial charge >= 0.3 is 0 Å². The number of amides is 1. The van der Waals surface area contributed by atoms with Crippen LogP contribution < -0.4 is 10.6 Å². The Bertz CT molecular complexity index is 508. The zero-order valence-electron chi connectivity index (χ0n) is 13.8. The van der Waals surface area contributed by atoms with Gasteiger partial charge in [0, 0.05) is 17.5 Å². The van der Waals surface area contributed by atoms with E-state index in [4.69, 9.17) is 0 Å². The summed E-state index contributed by atoms with van der Waals surface area (Å²) >= 11 is 1.77. The molecule has 128 valence electrons. The lowest BCUT2D eigenvalue weighted by Gasteiger charge is -2.31. The number of carbonyl (C=O) groups is 1. The Labute approximate surface area is 149 Å². The summed E-state index contributed by atoms with van der Waals surface area (Å²) in [5.74, 6) is 0.254. The van der Waals surface area contributed by atoms with Crippen LogP contribution in [0.3, 0.4) is 0 Å². The fourth-order valence-corrected chi connectivity index (χ4v) is 4.81. The predicted molar refractivity (Wildman–Crippen MR) is 99.5 cm³/mol. The van der Waals surface area contributed by atoms with E-state index >= 15 is 0 Å². The van der Waals surface area contributed by atoms with Gasteiger partial charge in [0.05, 0.1) is 4.75 Å². The average molecular weight is 355 g/mol. The van der Waals surface area contributed by atoms with Crippen molar-refractivity contribution in [1.29, 1.82) is 0 Å². The number of nitrogens with one attached hydrogen (secondary N) is 2. The Hall–Kier alpha value is -0.710. The lowest BCUT2D eigenvalue weighted by Crippen LogP contribution is -2.51. The molecule has 3 rings (SSSR count). The normalized spacial score (nSPS) is 23.1. The highest BCUT2D eigenvalue weighted by atomic mass is 35.5. The molecule has 0 aromatic heterocycles. The van der Waals surface area contributed by atoms with E-state index in [1.165, 1.54) is 10.5 Å². The number of benzene rings is 1. The minimum absolute atomic E-state index is 0. The summed E-state index contributed by atoms with van der Waals surface area (Å²) in [6, 6.07) is 8.87. The maximum absolute atomic E-state index is 12.9. The van der Waals surface area contributed by atoms with E-state index < -0.39 is 0 Å². The Morgan fingerprint density at radius 2 is 1.91 bits per heavy atom. The summed E-state index contributed by atoms with van der Waals surface area (Å²) in [7, 11) is 0. The van der Waals surface area contributed by atoms with Crippen LogP contribution in [0.25, 0.3) is 0 Å². The molecule has 1 aromatic rings. The molecule has 2 fully saturated rings. The first-order chi connectivity index (χ1) is 10.7. The molecule has 23 heavy (non-hydrogen) atoms. The van der Waals surface area contributed by atoms with E-state index in [0.29, 0.717) is 6.04 Å². The topological polar surface area (TPSA) is 41.1 Å². The molecule has 1 atom stereocenters. The molecule has 1 saturated carbocycles. The Balaban J connectivity index is 0.00000192. The van der Waals surface area contributed by atoms with Crippen molar-refractivity contribution in [3.63, 3.8) is 0 Å². The molecule has 1 unspecified atom stereocenters. The lowest BCUT2D eigenvalue weighted by atomic mass is 10.0. The Morgan fingerprint density at radius 1 is 1.22 bits per heavy atom.